The molecule has 4 heteroatoms. The van der Waals surface area contributed by atoms with E-state index in [1.807, 2.05) is 32.0 Å². The Hall–Kier alpha value is -1.81. The number of hydrogen-bond acceptors (Lipinski definition) is 1. The number of aryl methyl sites for hydroxylation is 2. The van der Waals surface area contributed by atoms with Gasteiger partial charge in [-0.05, 0) is 26.5 Å². The first-order chi connectivity index (χ1) is 9.42. The molecule has 0 aliphatic heterocycles. The molecule has 0 bridgehead atoms. The highest BCUT2D eigenvalue weighted by molar-refractivity contribution is 5.38. The molecule has 0 saturated carbocycles. The molecule has 0 aliphatic rings. The van der Waals surface area contributed by atoms with E-state index >= 15 is 0 Å². The first-order valence-electron chi connectivity index (χ1n) is 6.32. The summed E-state index contributed by atoms with van der Waals surface area (Å²) in [6.45, 7) is 3.83. The Bertz CT molecular complexity index is 594. The largest absolute Gasteiger partial charge is 0.309 e. The minimum absolute atomic E-state index is 0.168. The second-order valence-electron chi connectivity index (χ2n) is 4.93. The van der Waals surface area contributed by atoms with Crippen LogP contribution in [0.25, 0.3) is 0 Å². The van der Waals surface area contributed by atoms with E-state index in [1.165, 1.54) is 0 Å². The summed E-state index contributed by atoms with van der Waals surface area (Å²) in [6, 6.07) is 6.44. The van der Waals surface area contributed by atoms with Crippen molar-refractivity contribution in [3.63, 3.8) is 0 Å². The van der Waals surface area contributed by atoms with Gasteiger partial charge in [-0.1, -0.05) is 29.3 Å². The third-order valence-corrected chi connectivity index (χ3v) is 3.20. The minimum Gasteiger partial charge on any atom is -0.309 e. The maximum atomic E-state index is 13.9. The molecule has 20 heavy (non-hydrogen) atoms. The Labute approximate surface area is 116 Å². The van der Waals surface area contributed by atoms with E-state index in [2.05, 4.69) is 5.32 Å². The molecule has 2 rings (SSSR count). The molecule has 0 radical (unpaired) electrons. The van der Waals surface area contributed by atoms with Crippen molar-refractivity contribution in [1.82, 2.24) is 5.32 Å². The third-order valence-electron chi connectivity index (χ3n) is 3.20. The van der Waals surface area contributed by atoms with E-state index in [-0.39, 0.29) is 5.56 Å². The quantitative estimate of drug-likeness (QED) is 0.894. The van der Waals surface area contributed by atoms with Crippen molar-refractivity contribution in [1.29, 1.82) is 0 Å². The standard InChI is InChI=1S/C16H16F3N/c1-9-4-10(2)6-11(5-9)16(20-3)15-13(18)7-12(17)8-14(15)19/h4-8,16,20H,1-3H3. The first kappa shape index (κ1) is 14.6. The van der Waals surface area contributed by atoms with Crippen LogP contribution in [0.3, 0.4) is 0 Å². The second-order valence-corrected chi connectivity index (χ2v) is 4.93. The van der Waals surface area contributed by atoms with Crippen LogP contribution in [0.5, 0.6) is 0 Å². The predicted octanol–water partition coefficient (Wildman–Crippen LogP) is 4.03. The van der Waals surface area contributed by atoms with E-state index in [0.29, 0.717) is 12.1 Å². The zero-order chi connectivity index (χ0) is 14.9. The zero-order valence-corrected chi connectivity index (χ0v) is 11.6. The maximum absolute atomic E-state index is 13.9. The number of benzene rings is 2. The van der Waals surface area contributed by atoms with E-state index in [0.717, 1.165) is 16.7 Å². The Morgan fingerprint density at radius 1 is 0.850 bits per heavy atom. The van der Waals surface area contributed by atoms with Gasteiger partial charge in [0.05, 0.1) is 6.04 Å². The Balaban J connectivity index is 2.58. The summed E-state index contributed by atoms with van der Waals surface area (Å²) in [5.74, 6) is -2.69. The maximum Gasteiger partial charge on any atom is 0.134 e. The minimum atomic E-state index is -0.918. The Morgan fingerprint density at radius 2 is 1.35 bits per heavy atom. The molecule has 2 aromatic carbocycles. The highest BCUT2D eigenvalue weighted by Gasteiger charge is 2.22. The van der Waals surface area contributed by atoms with Crippen LogP contribution in [0.15, 0.2) is 30.3 Å². The summed E-state index contributed by atoms with van der Waals surface area (Å²) in [4.78, 5) is 0. The molecule has 0 amide bonds. The molecule has 1 N–H and O–H groups in total. The van der Waals surface area contributed by atoms with E-state index in [1.54, 1.807) is 7.05 Å². The highest BCUT2D eigenvalue weighted by atomic mass is 19.1. The summed E-state index contributed by atoms with van der Waals surface area (Å²) in [5, 5.41) is 2.89. The van der Waals surface area contributed by atoms with Crippen LogP contribution >= 0.6 is 0 Å². The smallest absolute Gasteiger partial charge is 0.134 e. The lowest BCUT2D eigenvalue weighted by atomic mass is 9.95. The van der Waals surface area contributed by atoms with Crippen molar-refractivity contribution < 1.29 is 13.2 Å². The lowest BCUT2D eigenvalue weighted by Crippen LogP contribution is -2.21. The number of hydrogen-bond donors (Lipinski definition) is 1. The molecule has 1 nitrogen and oxygen atoms in total. The molecule has 1 unspecified atom stereocenters. The van der Waals surface area contributed by atoms with Crippen molar-refractivity contribution in [2.75, 3.05) is 7.05 Å². The van der Waals surface area contributed by atoms with Crippen molar-refractivity contribution in [2.45, 2.75) is 19.9 Å². The molecule has 0 fully saturated rings. The SMILES string of the molecule is CNC(c1cc(C)cc(C)c1)c1c(F)cc(F)cc1F. The third kappa shape index (κ3) is 2.85. The summed E-state index contributed by atoms with van der Waals surface area (Å²) < 4.78 is 40.8. The summed E-state index contributed by atoms with van der Waals surface area (Å²) in [5.41, 5.74) is 2.58. The monoisotopic (exact) mass is 279 g/mol. The number of rotatable bonds is 3. The molecule has 2 aromatic rings. The summed E-state index contributed by atoms with van der Waals surface area (Å²) in [7, 11) is 1.62. The molecule has 0 saturated heterocycles. The molecule has 0 aliphatic carbocycles. The van der Waals surface area contributed by atoms with Gasteiger partial charge in [-0.25, -0.2) is 13.2 Å². The van der Waals surface area contributed by atoms with Crippen molar-refractivity contribution in [2.24, 2.45) is 0 Å². The fourth-order valence-electron chi connectivity index (χ4n) is 2.48. The average molecular weight is 279 g/mol. The fraction of sp³-hybridized carbons (Fsp3) is 0.250. The Kier molecular flexibility index (Phi) is 4.14. The van der Waals surface area contributed by atoms with Gasteiger partial charge in [0.25, 0.3) is 0 Å². The lowest BCUT2D eigenvalue weighted by molar-refractivity contribution is 0.500. The molecule has 0 spiro atoms. The van der Waals surface area contributed by atoms with Crippen LogP contribution in [0.4, 0.5) is 13.2 Å². The van der Waals surface area contributed by atoms with Crippen molar-refractivity contribution in [3.05, 3.63) is 70.0 Å². The van der Waals surface area contributed by atoms with Gasteiger partial charge in [0.15, 0.2) is 0 Å². The van der Waals surface area contributed by atoms with Gasteiger partial charge < -0.3 is 5.32 Å². The van der Waals surface area contributed by atoms with Gasteiger partial charge in [0.1, 0.15) is 17.5 Å². The molecular weight excluding hydrogens is 263 g/mol. The molecule has 0 aromatic heterocycles. The lowest BCUT2D eigenvalue weighted by Gasteiger charge is -2.20. The van der Waals surface area contributed by atoms with Gasteiger partial charge in [-0.15, -0.1) is 0 Å². The summed E-state index contributed by atoms with van der Waals surface area (Å²) in [6.07, 6.45) is 0. The number of nitrogens with one attached hydrogen (secondary N) is 1. The fourth-order valence-corrected chi connectivity index (χ4v) is 2.48. The van der Waals surface area contributed by atoms with Gasteiger partial charge in [-0.2, -0.15) is 0 Å². The van der Waals surface area contributed by atoms with E-state index < -0.39 is 23.5 Å². The normalized spacial score (nSPS) is 12.5. The second kappa shape index (κ2) is 5.67. The molecule has 1 atom stereocenters. The predicted molar refractivity (Wildman–Crippen MR) is 73.1 cm³/mol. The highest BCUT2D eigenvalue weighted by Crippen LogP contribution is 2.28. The summed E-state index contributed by atoms with van der Waals surface area (Å²) >= 11 is 0. The molecule has 0 heterocycles. The van der Waals surface area contributed by atoms with E-state index in [4.69, 9.17) is 0 Å². The first-order valence-corrected chi connectivity index (χ1v) is 6.32. The van der Waals surface area contributed by atoms with Gasteiger partial charge in [0.2, 0.25) is 0 Å². The van der Waals surface area contributed by atoms with Crippen LogP contribution in [0.2, 0.25) is 0 Å². The molecule has 106 valence electrons. The van der Waals surface area contributed by atoms with Crippen molar-refractivity contribution in [3.8, 4) is 0 Å². The zero-order valence-electron chi connectivity index (χ0n) is 11.6. The van der Waals surface area contributed by atoms with Crippen LogP contribution in [0, 0.1) is 31.3 Å². The van der Waals surface area contributed by atoms with Gasteiger partial charge in [0, 0.05) is 17.7 Å². The topological polar surface area (TPSA) is 12.0 Å². The van der Waals surface area contributed by atoms with Gasteiger partial charge >= 0.3 is 0 Å². The molecular formula is C16H16F3N. The van der Waals surface area contributed by atoms with E-state index in [9.17, 15) is 13.2 Å². The number of halogens is 3. The van der Waals surface area contributed by atoms with Gasteiger partial charge in [-0.3, -0.25) is 0 Å². The van der Waals surface area contributed by atoms with Crippen molar-refractivity contribution >= 4 is 0 Å². The average Bonchev–Trinajstić information content (AvgIpc) is 2.32. The van der Waals surface area contributed by atoms with Crippen LogP contribution in [0.1, 0.15) is 28.3 Å². The van der Waals surface area contributed by atoms with Crippen LogP contribution in [-0.4, -0.2) is 7.05 Å². The van der Waals surface area contributed by atoms with Crippen LogP contribution in [-0.2, 0) is 0 Å². The van der Waals surface area contributed by atoms with Crippen LogP contribution < -0.4 is 5.32 Å². The Morgan fingerprint density at radius 3 is 1.80 bits per heavy atom.